The number of hydrogen-bond donors (Lipinski definition) is 9. The lowest BCUT2D eigenvalue weighted by Crippen LogP contribution is -2.73. The molecule has 2 aliphatic rings. The van der Waals surface area contributed by atoms with Crippen LogP contribution < -0.4 is 5.73 Å². The molecule has 1 unspecified atom stereocenters. The monoisotopic (exact) mass is 393 g/mol. The summed E-state index contributed by atoms with van der Waals surface area (Å²) in [5, 5.41) is 77.0. The van der Waals surface area contributed by atoms with Crippen LogP contribution in [0.5, 0.6) is 0 Å². The summed E-state index contributed by atoms with van der Waals surface area (Å²) in [5.74, 6) is -2.50. The van der Waals surface area contributed by atoms with Crippen molar-refractivity contribution in [3.63, 3.8) is 0 Å². The number of nitrogens with two attached hydrogens (primary N) is 1. The molecule has 0 bridgehead atoms. The Hall–Kier alpha value is -0.190. The van der Waals surface area contributed by atoms with E-state index in [1.165, 1.54) is 0 Å². The third kappa shape index (κ3) is 4.22. The quantitative estimate of drug-likeness (QED) is 0.204. The van der Waals surface area contributed by atoms with Crippen molar-refractivity contribution in [3.8, 4) is 0 Å². The molecule has 2 saturated heterocycles. The first kappa shape index (κ1) is 22.9. The van der Waals surface area contributed by atoms with Crippen molar-refractivity contribution in [3.05, 3.63) is 0 Å². The van der Waals surface area contributed by atoms with Crippen LogP contribution in [0.3, 0.4) is 0 Å². The van der Waals surface area contributed by atoms with Crippen LogP contribution in [-0.4, -0.2) is 115 Å². The summed E-state index contributed by atoms with van der Waals surface area (Å²) in [6.45, 7) is -1.51. The van der Waals surface area contributed by atoms with Crippen LogP contribution in [0.25, 0.3) is 0 Å². The summed E-state index contributed by atoms with van der Waals surface area (Å²) < 4.78 is 15.2. The number of aliphatic hydroxyl groups excluding tert-OH is 8. The molecule has 0 aromatic rings. The minimum absolute atomic E-state index is 0. The normalized spacial score (nSPS) is 51.0. The molecule has 2 rings (SSSR count). The van der Waals surface area contributed by atoms with E-state index in [9.17, 15) is 35.7 Å². The summed E-state index contributed by atoms with van der Waals surface area (Å²) in [6.07, 6.45) is -15.2. The standard InChI is InChI=1S/C12H23NO11.ClH/c13-12(10(20)7(18)5(16)3(1-14)23-12)24-9-4(2-15)22-11(21)8(19)6(9)17;/h3-11,14-21H,1-2,13H2;1H/t3-,4-,5+,6-,7+,8-,9?,10-,11+,12+;/m1./s1. The van der Waals surface area contributed by atoms with Gasteiger partial charge in [-0.25, -0.2) is 0 Å². The molecule has 2 fully saturated rings. The molecule has 12 nitrogen and oxygen atoms in total. The average molecular weight is 394 g/mol. The van der Waals surface area contributed by atoms with Gasteiger partial charge in [-0.3, -0.25) is 5.73 Å². The average Bonchev–Trinajstić information content (AvgIpc) is 2.57. The number of rotatable bonds is 4. The van der Waals surface area contributed by atoms with Crippen LogP contribution >= 0.6 is 12.4 Å². The van der Waals surface area contributed by atoms with Gasteiger partial charge in [-0.1, -0.05) is 0 Å². The zero-order chi connectivity index (χ0) is 18.2. The van der Waals surface area contributed by atoms with Gasteiger partial charge in [0.2, 0.25) is 0 Å². The first-order valence-corrected chi connectivity index (χ1v) is 7.26. The molecule has 25 heavy (non-hydrogen) atoms. The molecule has 0 radical (unpaired) electrons. The maximum atomic E-state index is 10.0. The van der Waals surface area contributed by atoms with Gasteiger partial charge in [-0.2, -0.15) is 0 Å². The van der Waals surface area contributed by atoms with Gasteiger partial charge in [-0.15, -0.1) is 12.4 Å². The van der Waals surface area contributed by atoms with Gasteiger partial charge in [0.05, 0.1) is 13.2 Å². The number of hydrogen-bond acceptors (Lipinski definition) is 12. The number of aliphatic hydroxyl groups is 8. The zero-order valence-electron chi connectivity index (χ0n) is 12.9. The molecule has 2 aliphatic heterocycles. The van der Waals surface area contributed by atoms with Gasteiger partial charge in [-0.05, 0) is 0 Å². The fourth-order valence-corrected chi connectivity index (χ4v) is 2.69. The van der Waals surface area contributed by atoms with Crippen LogP contribution in [0.1, 0.15) is 0 Å². The lowest BCUT2D eigenvalue weighted by atomic mass is 9.95. The van der Waals surface area contributed by atoms with Gasteiger partial charge in [0.1, 0.15) is 42.7 Å². The van der Waals surface area contributed by atoms with E-state index in [0.29, 0.717) is 0 Å². The zero-order valence-corrected chi connectivity index (χ0v) is 13.7. The second-order valence-electron chi connectivity index (χ2n) is 5.80. The molecule has 0 aromatic carbocycles. The summed E-state index contributed by atoms with van der Waals surface area (Å²) in [6, 6.07) is 0. The predicted octanol–water partition coefficient (Wildman–Crippen LogP) is -5.69. The van der Waals surface area contributed by atoms with Crippen LogP contribution in [-0.2, 0) is 14.2 Å². The van der Waals surface area contributed by atoms with E-state index < -0.39 is 74.2 Å². The third-order valence-electron chi connectivity index (χ3n) is 4.14. The lowest BCUT2D eigenvalue weighted by molar-refractivity contribution is -0.400. The highest BCUT2D eigenvalue weighted by Gasteiger charge is 2.56. The summed E-state index contributed by atoms with van der Waals surface area (Å²) >= 11 is 0. The Balaban J connectivity index is 0.00000312. The van der Waals surface area contributed by atoms with Gasteiger partial charge in [0.25, 0.3) is 5.91 Å². The molecular formula is C12H24ClNO11. The van der Waals surface area contributed by atoms with Crippen LogP contribution in [0.2, 0.25) is 0 Å². The Morgan fingerprint density at radius 2 is 1.40 bits per heavy atom. The number of halogens is 1. The summed E-state index contributed by atoms with van der Waals surface area (Å²) in [4.78, 5) is 0. The Bertz CT molecular complexity index is 430. The van der Waals surface area contributed by atoms with Crippen molar-refractivity contribution in [1.29, 1.82) is 0 Å². The molecular weight excluding hydrogens is 370 g/mol. The van der Waals surface area contributed by atoms with E-state index in [1.807, 2.05) is 0 Å². The van der Waals surface area contributed by atoms with E-state index >= 15 is 0 Å². The highest BCUT2D eigenvalue weighted by atomic mass is 35.5. The molecule has 13 heteroatoms. The first-order chi connectivity index (χ1) is 11.2. The van der Waals surface area contributed by atoms with Crippen LogP contribution in [0.4, 0.5) is 0 Å². The maximum absolute atomic E-state index is 10.0. The Morgan fingerprint density at radius 3 is 1.92 bits per heavy atom. The van der Waals surface area contributed by atoms with E-state index in [1.54, 1.807) is 0 Å². The van der Waals surface area contributed by atoms with E-state index in [4.69, 9.17) is 25.1 Å². The molecule has 0 spiro atoms. The van der Waals surface area contributed by atoms with Crippen molar-refractivity contribution in [1.82, 2.24) is 0 Å². The van der Waals surface area contributed by atoms with Gasteiger partial charge >= 0.3 is 0 Å². The molecule has 0 aliphatic carbocycles. The molecule has 150 valence electrons. The number of ether oxygens (including phenoxy) is 3. The second kappa shape index (κ2) is 8.67. The molecule has 2 heterocycles. The Labute approximate surface area is 148 Å². The largest absolute Gasteiger partial charge is 0.394 e. The fraction of sp³-hybridized carbons (Fsp3) is 1.00. The van der Waals surface area contributed by atoms with Crippen molar-refractivity contribution in [2.45, 2.75) is 61.0 Å². The summed E-state index contributed by atoms with van der Waals surface area (Å²) in [7, 11) is 0. The van der Waals surface area contributed by atoms with Gasteiger partial charge < -0.3 is 55.1 Å². The highest BCUT2D eigenvalue weighted by molar-refractivity contribution is 5.85. The molecule has 10 N–H and O–H groups in total. The maximum Gasteiger partial charge on any atom is 0.255 e. The Kier molecular flexibility index (Phi) is 7.92. The lowest BCUT2D eigenvalue weighted by Gasteiger charge is -2.49. The fourth-order valence-electron chi connectivity index (χ4n) is 2.69. The third-order valence-corrected chi connectivity index (χ3v) is 4.14. The van der Waals surface area contributed by atoms with Crippen molar-refractivity contribution >= 4 is 12.4 Å². The topological polar surface area (TPSA) is 216 Å². The smallest absolute Gasteiger partial charge is 0.255 e. The summed E-state index contributed by atoms with van der Waals surface area (Å²) in [5.41, 5.74) is 5.74. The molecule has 10 atom stereocenters. The van der Waals surface area contributed by atoms with Crippen LogP contribution in [0.15, 0.2) is 0 Å². The SMILES string of the molecule is Cl.N[C@]1(OC2[C@@H](CO)O[C@H](O)[C@H](O)[C@H]2O)O[C@H](CO)[C@H](O)[C@H](O)[C@H]1O. The van der Waals surface area contributed by atoms with Crippen molar-refractivity contribution in [2.75, 3.05) is 13.2 Å². The van der Waals surface area contributed by atoms with Crippen LogP contribution in [0, 0.1) is 0 Å². The molecule has 0 saturated carbocycles. The van der Waals surface area contributed by atoms with Crippen molar-refractivity contribution < 1.29 is 55.1 Å². The Morgan fingerprint density at radius 1 is 0.840 bits per heavy atom. The highest BCUT2D eigenvalue weighted by Crippen LogP contribution is 2.32. The molecule has 0 aromatic heterocycles. The molecule has 0 amide bonds. The van der Waals surface area contributed by atoms with E-state index in [-0.39, 0.29) is 12.4 Å². The van der Waals surface area contributed by atoms with E-state index in [0.717, 1.165) is 0 Å². The van der Waals surface area contributed by atoms with E-state index in [2.05, 4.69) is 0 Å². The minimum Gasteiger partial charge on any atom is -0.394 e. The minimum atomic E-state index is -2.50. The van der Waals surface area contributed by atoms with Crippen molar-refractivity contribution in [2.24, 2.45) is 5.73 Å². The van der Waals surface area contributed by atoms with Gasteiger partial charge in [0, 0.05) is 0 Å². The van der Waals surface area contributed by atoms with Gasteiger partial charge in [0.15, 0.2) is 12.4 Å². The first-order valence-electron chi connectivity index (χ1n) is 7.26. The second-order valence-corrected chi connectivity index (χ2v) is 5.80. The predicted molar refractivity (Wildman–Crippen MR) is 79.0 cm³/mol.